The van der Waals surface area contributed by atoms with Crippen molar-refractivity contribution in [3.63, 3.8) is 0 Å². The van der Waals surface area contributed by atoms with Crippen LogP contribution >= 0.6 is 0 Å². The number of para-hydroxylation sites is 1. The van der Waals surface area contributed by atoms with E-state index in [2.05, 4.69) is 95.1 Å². The molecule has 7 nitrogen and oxygen atoms in total. The third-order valence-corrected chi connectivity index (χ3v) is 9.03. The SMILES string of the molecule is Cc1ccccc1N(C)C1(c2ccccc2)CCC2(CC1)CN(c1ccc(N3CCNCC3)nc1)C(=O)N2. The summed E-state index contributed by atoms with van der Waals surface area (Å²) in [5.41, 5.74) is 4.41. The summed E-state index contributed by atoms with van der Waals surface area (Å²) in [6.45, 7) is 6.73. The van der Waals surface area contributed by atoms with Crippen LogP contribution in [0, 0.1) is 6.92 Å². The van der Waals surface area contributed by atoms with Crippen molar-refractivity contribution in [1.29, 1.82) is 0 Å². The number of aromatic nitrogens is 1. The molecule has 1 aliphatic carbocycles. The van der Waals surface area contributed by atoms with E-state index in [-0.39, 0.29) is 17.1 Å². The normalized spacial score (nSPS) is 25.5. The smallest absolute Gasteiger partial charge is 0.322 e. The first-order valence-electron chi connectivity index (χ1n) is 13.9. The van der Waals surface area contributed by atoms with E-state index in [9.17, 15) is 4.79 Å². The number of nitrogens with zero attached hydrogens (tertiary/aromatic N) is 4. The number of piperazine rings is 1. The summed E-state index contributed by atoms with van der Waals surface area (Å²) in [5, 5.41) is 6.78. The minimum Gasteiger partial charge on any atom is -0.365 e. The van der Waals surface area contributed by atoms with Gasteiger partial charge in [-0.2, -0.15) is 0 Å². The van der Waals surface area contributed by atoms with Gasteiger partial charge in [0.15, 0.2) is 0 Å². The van der Waals surface area contributed by atoms with Gasteiger partial charge in [0, 0.05) is 38.9 Å². The van der Waals surface area contributed by atoms with Crippen molar-refractivity contribution in [1.82, 2.24) is 15.6 Å². The van der Waals surface area contributed by atoms with Crippen molar-refractivity contribution >= 4 is 23.2 Å². The molecule has 0 unspecified atom stereocenters. The molecule has 0 atom stereocenters. The average molecular weight is 511 g/mol. The first kappa shape index (κ1) is 24.7. The summed E-state index contributed by atoms with van der Waals surface area (Å²) >= 11 is 0. The number of hydrogen-bond donors (Lipinski definition) is 2. The molecule has 3 aromatic rings. The van der Waals surface area contributed by atoms with E-state index in [1.807, 2.05) is 17.2 Å². The molecule has 7 heteroatoms. The van der Waals surface area contributed by atoms with Crippen LogP contribution in [0.4, 0.5) is 22.0 Å². The van der Waals surface area contributed by atoms with E-state index in [0.717, 1.165) is 63.4 Å². The Morgan fingerprint density at radius 1 is 0.895 bits per heavy atom. The van der Waals surface area contributed by atoms with Gasteiger partial charge in [-0.3, -0.25) is 4.90 Å². The second-order valence-corrected chi connectivity index (χ2v) is 11.2. The molecule has 0 radical (unpaired) electrons. The van der Waals surface area contributed by atoms with Crippen LogP contribution in [0.2, 0.25) is 0 Å². The highest BCUT2D eigenvalue weighted by molar-refractivity contribution is 5.95. The maximum atomic E-state index is 13.2. The zero-order valence-electron chi connectivity index (χ0n) is 22.5. The lowest BCUT2D eigenvalue weighted by molar-refractivity contribution is 0.187. The number of rotatable bonds is 5. The molecule has 1 saturated carbocycles. The quantitative estimate of drug-likeness (QED) is 0.522. The van der Waals surface area contributed by atoms with Gasteiger partial charge in [0.05, 0.1) is 29.5 Å². The van der Waals surface area contributed by atoms with E-state index >= 15 is 0 Å². The monoisotopic (exact) mass is 510 g/mol. The standard InChI is InChI=1S/C31H38N6O/c1-24-8-6-7-11-27(24)35(2)31(25-9-4-3-5-10-25)16-14-30(15-17-31)23-37(29(38)34-30)26-12-13-28(33-22-26)36-20-18-32-19-21-36/h3-13,22,32H,14-21,23H2,1-2H3,(H,34,38). The summed E-state index contributed by atoms with van der Waals surface area (Å²) in [6.07, 6.45) is 5.64. The Morgan fingerprint density at radius 3 is 2.29 bits per heavy atom. The fraction of sp³-hybridized carbons (Fsp3) is 0.419. The average Bonchev–Trinajstić information content (AvgIpc) is 3.30. The lowest BCUT2D eigenvalue weighted by atomic mass is 9.68. The van der Waals surface area contributed by atoms with Gasteiger partial charge in [-0.25, -0.2) is 9.78 Å². The second-order valence-electron chi connectivity index (χ2n) is 11.2. The van der Waals surface area contributed by atoms with Crippen LogP contribution in [0.25, 0.3) is 0 Å². The van der Waals surface area contributed by atoms with Crippen molar-refractivity contribution in [2.24, 2.45) is 0 Å². The lowest BCUT2D eigenvalue weighted by Gasteiger charge is -2.51. The number of urea groups is 1. The molecule has 6 rings (SSSR count). The molecule has 3 fully saturated rings. The van der Waals surface area contributed by atoms with Crippen molar-refractivity contribution in [2.45, 2.75) is 43.7 Å². The van der Waals surface area contributed by atoms with Gasteiger partial charge >= 0.3 is 6.03 Å². The number of carbonyl (C=O) groups is 1. The molecule has 2 N–H and O–H groups in total. The predicted molar refractivity (Wildman–Crippen MR) is 154 cm³/mol. The molecular weight excluding hydrogens is 472 g/mol. The molecule has 198 valence electrons. The summed E-state index contributed by atoms with van der Waals surface area (Å²) in [6, 6.07) is 23.6. The molecular formula is C31H38N6O. The van der Waals surface area contributed by atoms with Crippen LogP contribution in [0.15, 0.2) is 72.9 Å². The maximum Gasteiger partial charge on any atom is 0.322 e. The molecule has 1 aromatic heterocycles. The number of amides is 2. The van der Waals surface area contributed by atoms with Crippen LogP contribution in [0.3, 0.4) is 0 Å². The summed E-state index contributed by atoms with van der Waals surface area (Å²) in [5.74, 6) is 0.981. The number of nitrogens with one attached hydrogen (secondary N) is 2. The number of carbonyl (C=O) groups excluding carboxylic acids is 1. The molecule has 3 aliphatic rings. The van der Waals surface area contributed by atoms with Gasteiger partial charge < -0.3 is 20.4 Å². The summed E-state index contributed by atoms with van der Waals surface area (Å²) in [4.78, 5) is 24.6. The molecule has 2 amide bonds. The number of pyridine rings is 1. The van der Waals surface area contributed by atoms with Crippen LogP contribution in [0.1, 0.15) is 36.8 Å². The number of benzene rings is 2. The Balaban J connectivity index is 1.22. The van der Waals surface area contributed by atoms with Crippen LogP contribution in [-0.4, -0.2) is 56.3 Å². The van der Waals surface area contributed by atoms with Gasteiger partial charge in [0.25, 0.3) is 0 Å². The van der Waals surface area contributed by atoms with Crippen LogP contribution < -0.4 is 25.3 Å². The minimum absolute atomic E-state index is 0.0128. The van der Waals surface area contributed by atoms with Gasteiger partial charge in [0.1, 0.15) is 5.82 Å². The van der Waals surface area contributed by atoms with E-state index < -0.39 is 0 Å². The van der Waals surface area contributed by atoms with Crippen LogP contribution in [-0.2, 0) is 5.54 Å². The Morgan fingerprint density at radius 2 is 1.61 bits per heavy atom. The molecule has 0 bridgehead atoms. The van der Waals surface area contributed by atoms with Crippen LogP contribution in [0.5, 0.6) is 0 Å². The summed E-state index contributed by atoms with van der Waals surface area (Å²) < 4.78 is 0. The van der Waals surface area contributed by atoms with Gasteiger partial charge in [-0.1, -0.05) is 48.5 Å². The topological polar surface area (TPSA) is 63.7 Å². The van der Waals surface area contributed by atoms with Crippen molar-refractivity contribution in [2.75, 3.05) is 54.5 Å². The fourth-order valence-electron chi connectivity index (χ4n) is 6.70. The molecule has 1 spiro atoms. The van der Waals surface area contributed by atoms with E-state index in [1.165, 1.54) is 16.8 Å². The third kappa shape index (κ3) is 4.39. The Bertz CT molecular complexity index is 1260. The molecule has 2 saturated heterocycles. The largest absolute Gasteiger partial charge is 0.365 e. The Labute approximate surface area is 225 Å². The molecule has 3 heterocycles. The highest BCUT2D eigenvalue weighted by Gasteiger charge is 2.51. The number of anilines is 3. The zero-order valence-corrected chi connectivity index (χ0v) is 22.5. The molecule has 2 aromatic carbocycles. The predicted octanol–water partition coefficient (Wildman–Crippen LogP) is 4.67. The third-order valence-electron chi connectivity index (χ3n) is 9.03. The first-order chi connectivity index (χ1) is 18.5. The van der Waals surface area contributed by atoms with Crippen molar-refractivity contribution in [3.05, 3.63) is 84.1 Å². The lowest BCUT2D eigenvalue weighted by Crippen LogP contribution is -2.55. The summed E-state index contributed by atoms with van der Waals surface area (Å²) in [7, 11) is 2.23. The van der Waals surface area contributed by atoms with Crippen molar-refractivity contribution in [3.8, 4) is 0 Å². The number of hydrogen-bond acceptors (Lipinski definition) is 5. The Hall–Kier alpha value is -3.58. The maximum absolute atomic E-state index is 13.2. The van der Waals surface area contributed by atoms with E-state index in [0.29, 0.717) is 6.54 Å². The fourth-order valence-corrected chi connectivity index (χ4v) is 6.70. The van der Waals surface area contributed by atoms with Crippen molar-refractivity contribution < 1.29 is 4.79 Å². The minimum atomic E-state index is -0.223. The molecule has 38 heavy (non-hydrogen) atoms. The Kier molecular flexibility index (Phi) is 6.48. The number of aryl methyl sites for hydroxylation is 1. The zero-order chi connectivity index (χ0) is 26.2. The second kappa shape index (κ2) is 9.95. The highest BCUT2D eigenvalue weighted by Crippen LogP contribution is 2.48. The first-order valence-corrected chi connectivity index (χ1v) is 13.9. The molecule has 2 aliphatic heterocycles. The van der Waals surface area contributed by atoms with Gasteiger partial charge in [0.2, 0.25) is 0 Å². The van der Waals surface area contributed by atoms with Gasteiger partial charge in [-0.15, -0.1) is 0 Å². The highest BCUT2D eigenvalue weighted by atomic mass is 16.2. The van der Waals surface area contributed by atoms with E-state index in [1.54, 1.807) is 0 Å². The van der Waals surface area contributed by atoms with E-state index in [4.69, 9.17) is 4.98 Å². The van der Waals surface area contributed by atoms with Gasteiger partial charge in [-0.05, 0) is 61.9 Å².